The molecular formula is C68H64N2O2. The van der Waals surface area contributed by atoms with Crippen molar-refractivity contribution >= 4 is 110 Å². The van der Waals surface area contributed by atoms with Crippen molar-refractivity contribution in [2.45, 2.75) is 105 Å². The second-order valence-electron chi connectivity index (χ2n) is 22.1. The number of para-hydroxylation sites is 4. The van der Waals surface area contributed by atoms with E-state index in [0.29, 0.717) is 11.8 Å². The van der Waals surface area contributed by atoms with Crippen LogP contribution >= 0.6 is 0 Å². The lowest BCUT2D eigenvalue weighted by Crippen LogP contribution is -2.15. The van der Waals surface area contributed by atoms with Gasteiger partial charge >= 0.3 is 0 Å². The molecule has 0 bridgehead atoms. The van der Waals surface area contributed by atoms with Crippen LogP contribution < -0.4 is 9.80 Å². The van der Waals surface area contributed by atoms with Gasteiger partial charge in [-0.2, -0.15) is 0 Å². The van der Waals surface area contributed by atoms with Gasteiger partial charge in [0.1, 0.15) is 11.2 Å². The van der Waals surface area contributed by atoms with Crippen molar-refractivity contribution in [1.82, 2.24) is 0 Å². The third kappa shape index (κ3) is 7.08. The second kappa shape index (κ2) is 17.1. The Morgan fingerprint density at radius 2 is 0.708 bits per heavy atom. The molecule has 0 amide bonds. The summed E-state index contributed by atoms with van der Waals surface area (Å²) in [5, 5.41) is 11.8. The molecule has 12 rings (SSSR count). The van der Waals surface area contributed by atoms with Crippen LogP contribution in [0, 0.1) is 0 Å². The fraction of sp³-hybridized carbons (Fsp3) is 0.235. The maximum absolute atomic E-state index is 7.18. The number of rotatable bonds is 12. The molecule has 2 aromatic heterocycles. The lowest BCUT2D eigenvalue weighted by molar-refractivity contribution is 0.500. The molecule has 0 aliphatic heterocycles. The molecule has 4 heteroatoms. The standard InChI is InChI=1S/C68H64N2O2/c1-11-67(7,8)55-21-13-17-49-51-19-15-23-59(65(51)71-63(49)55)69(47-33-25-43(26-34-47)41(3)4)57-39-31-45-30-38-54-58(40-32-46-29-37-53(57)61(45)62(46)54)70(48-35-27-44(28-36-48)42(5)6)60-24-16-20-52-50-18-14-22-56(68(9,10)12-2)64(50)72-66(52)60/h13-42H,11-12H2,1-10H3. The van der Waals surface area contributed by atoms with Crippen molar-refractivity contribution in [3.63, 3.8) is 0 Å². The van der Waals surface area contributed by atoms with E-state index in [2.05, 4.69) is 249 Å². The SMILES string of the molecule is CCC(C)(C)c1cccc2c1oc1c(N(c3ccc(C(C)C)cc3)c3ccc4ccc5c(N(c6ccc(C(C)C)cc6)c6cccc7c6oc6c(C(C)(C)CC)cccc67)ccc6ccc3c4c65)cccc12. The van der Waals surface area contributed by atoms with E-state index in [1.165, 1.54) is 54.6 Å². The number of nitrogens with zero attached hydrogens (tertiary/aromatic N) is 2. The highest BCUT2D eigenvalue weighted by Crippen LogP contribution is 2.51. The van der Waals surface area contributed by atoms with Crippen LogP contribution in [0.1, 0.15) is 116 Å². The molecule has 0 aliphatic rings. The van der Waals surface area contributed by atoms with Crippen LogP contribution in [-0.4, -0.2) is 0 Å². The number of fused-ring (bicyclic) bond motifs is 6. The zero-order valence-electron chi connectivity index (χ0n) is 43.4. The maximum atomic E-state index is 7.18. The Hall–Kier alpha value is -7.56. The lowest BCUT2D eigenvalue weighted by atomic mass is 9.81. The van der Waals surface area contributed by atoms with Gasteiger partial charge in [0.2, 0.25) is 0 Å². The third-order valence-electron chi connectivity index (χ3n) is 16.5. The largest absolute Gasteiger partial charge is 0.454 e. The van der Waals surface area contributed by atoms with Crippen molar-refractivity contribution < 1.29 is 8.83 Å². The molecule has 358 valence electrons. The summed E-state index contributed by atoms with van der Waals surface area (Å²) in [6, 6.07) is 63.4. The highest BCUT2D eigenvalue weighted by atomic mass is 16.3. The van der Waals surface area contributed by atoms with E-state index in [-0.39, 0.29) is 10.8 Å². The van der Waals surface area contributed by atoms with E-state index in [1.807, 2.05) is 0 Å². The van der Waals surface area contributed by atoms with Gasteiger partial charge in [0.15, 0.2) is 11.2 Å². The predicted octanol–water partition coefficient (Wildman–Crippen LogP) is 20.9. The first-order valence-electron chi connectivity index (χ1n) is 26.2. The number of hydrogen-bond acceptors (Lipinski definition) is 4. The predicted molar refractivity (Wildman–Crippen MR) is 309 cm³/mol. The Kier molecular flexibility index (Phi) is 10.8. The van der Waals surface area contributed by atoms with E-state index in [1.54, 1.807) is 0 Å². The van der Waals surface area contributed by atoms with Gasteiger partial charge in [-0.25, -0.2) is 0 Å². The molecular weight excluding hydrogens is 877 g/mol. The van der Waals surface area contributed by atoms with Gasteiger partial charge in [0.25, 0.3) is 0 Å². The Morgan fingerprint density at radius 1 is 0.361 bits per heavy atom. The minimum Gasteiger partial charge on any atom is -0.454 e. The van der Waals surface area contributed by atoms with Gasteiger partial charge in [-0.05, 0) is 117 Å². The topological polar surface area (TPSA) is 32.8 Å². The Labute approximate surface area is 423 Å². The number of anilines is 6. The summed E-state index contributed by atoms with van der Waals surface area (Å²) >= 11 is 0. The molecule has 0 spiro atoms. The van der Waals surface area contributed by atoms with Crippen LogP contribution in [0.2, 0.25) is 0 Å². The zero-order valence-corrected chi connectivity index (χ0v) is 43.4. The van der Waals surface area contributed by atoms with Crippen molar-refractivity contribution in [3.8, 4) is 0 Å². The van der Waals surface area contributed by atoms with E-state index < -0.39 is 0 Å². The highest BCUT2D eigenvalue weighted by molar-refractivity contribution is 6.29. The number of hydrogen-bond donors (Lipinski definition) is 0. The Bertz CT molecular complexity index is 3750. The molecule has 2 heterocycles. The van der Waals surface area contributed by atoms with E-state index in [0.717, 1.165) is 90.8 Å². The Morgan fingerprint density at radius 3 is 1.07 bits per heavy atom. The molecule has 0 radical (unpaired) electrons. The molecule has 0 aliphatic carbocycles. The van der Waals surface area contributed by atoms with Crippen molar-refractivity contribution in [2.24, 2.45) is 0 Å². The third-order valence-corrected chi connectivity index (χ3v) is 16.5. The Balaban J connectivity index is 1.12. The molecule has 0 saturated carbocycles. The highest BCUT2D eigenvalue weighted by Gasteiger charge is 2.29. The van der Waals surface area contributed by atoms with Gasteiger partial charge in [-0.3, -0.25) is 0 Å². The lowest BCUT2D eigenvalue weighted by Gasteiger charge is -2.29. The monoisotopic (exact) mass is 940 g/mol. The van der Waals surface area contributed by atoms with Crippen LogP contribution in [0.15, 0.2) is 179 Å². The fourth-order valence-corrected chi connectivity index (χ4v) is 11.4. The zero-order chi connectivity index (χ0) is 49.8. The van der Waals surface area contributed by atoms with Gasteiger partial charge in [-0.15, -0.1) is 0 Å². The number of furan rings is 2. The van der Waals surface area contributed by atoms with Crippen LogP contribution in [0.5, 0.6) is 0 Å². The molecule has 0 N–H and O–H groups in total. The summed E-state index contributed by atoms with van der Waals surface area (Å²) in [5.74, 6) is 0.820. The van der Waals surface area contributed by atoms with Crippen LogP contribution in [0.4, 0.5) is 34.1 Å². The molecule has 72 heavy (non-hydrogen) atoms. The van der Waals surface area contributed by atoms with Crippen molar-refractivity contribution in [3.05, 3.63) is 192 Å². The first-order valence-corrected chi connectivity index (χ1v) is 26.2. The molecule has 0 fully saturated rings. The average molecular weight is 941 g/mol. The van der Waals surface area contributed by atoms with Gasteiger partial charge < -0.3 is 18.6 Å². The van der Waals surface area contributed by atoms with Gasteiger partial charge in [-0.1, -0.05) is 191 Å². The van der Waals surface area contributed by atoms with Crippen LogP contribution in [0.3, 0.4) is 0 Å². The first kappa shape index (κ1) is 45.6. The molecule has 0 unspecified atom stereocenters. The molecule has 10 aromatic carbocycles. The summed E-state index contributed by atoms with van der Waals surface area (Å²) in [4.78, 5) is 4.87. The molecule has 0 saturated heterocycles. The molecule has 0 atom stereocenters. The summed E-state index contributed by atoms with van der Waals surface area (Å²) in [6.07, 6.45) is 2.01. The summed E-state index contributed by atoms with van der Waals surface area (Å²) in [5.41, 5.74) is 15.1. The first-order chi connectivity index (χ1) is 34.8. The minimum absolute atomic E-state index is 0.0497. The van der Waals surface area contributed by atoms with Crippen molar-refractivity contribution in [1.29, 1.82) is 0 Å². The van der Waals surface area contributed by atoms with Gasteiger partial charge in [0, 0.05) is 54.8 Å². The minimum atomic E-state index is -0.0497. The van der Waals surface area contributed by atoms with E-state index >= 15 is 0 Å². The van der Waals surface area contributed by atoms with E-state index in [4.69, 9.17) is 8.83 Å². The quantitative estimate of drug-likeness (QED) is 0.114. The molecule has 4 nitrogen and oxygen atoms in total. The average Bonchev–Trinajstić information content (AvgIpc) is 3.99. The van der Waals surface area contributed by atoms with Crippen LogP contribution in [-0.2, 0) is 10.8 Å². The van der Waals surface area contributed by atoms with E-state index in [9.17, 15) is 0 Å². The normalized spacial score (nSPS) is 12.7. The van der Waals surface area contributed by atoms with Crippen LogP contribution in [0.25, 0.3) is 76.2 Å². The smallest absolute Gasteiger partial charge is 0.159 e. The summed E-state index contributed by atoms with van der Waals surface area (Å²) in [7, 11) is 0. The molecule has 12 aromatic rings. The summed E-state index contributed by atoms with van der Waals surface area (Å²) < 4.78 is 14.4. The number of benzene rings is 10. The van der Waals surface area contributed by atoms with Gasteiger partial charge in [0.05, 0.1) is 22.7 Å². The maximum Gasteiger partial charge on any atom is 0.159 e. The second-order valence-corrected chi connectivity index (χ2v) is 22.1. The fourth-order valence-electron chi connectivity index (χ4n) is 11.4. The van der Waals surface area contributed by atoms with Crippen molar-refractivity contribution in [2.75, 3.05) is 9.80 Å². The summed E-state index contributed by atoms with van der Waals surface area (Å²) in [6.45, 7) is 22.8.